The smallest absolute Gasteiger partial charge is 0.410 e. The molecular formula is C19H24N2O6. The molecule has 2 saturated heterocycles. The first-order valence-corrected chi connectivity index (χ1v) is 9.15. The Morgan fingerprint density at radius 1 is 1.04 bits per heavy atom. The normalized spacial score (nSPS) is 25.9. The molecule has 0 radical (unpaired) electrons. The Labute approximate surface area is 157 Å². The number of hydrogen-bond acceptors (Lipinski definition) is 5. The summed E-state index contributed by atoms with van der Waals surface area (Å²) in [6.45, 7) is 1.74. The molecule has 0 saturated carbocycles. The molecular weight excluding hydrogens is 352 g/mol. The van der Waals surface area contributed by atoms with Crippen LogP contribution in [0.15, 0.2) is 30.3 Å². The van der Waals surface area contributed by atoms with Crippen LogP contribution in [-0.2, 0) is 20.9 Å². The van der Waals surface area contributed by atoms with E-state index in [1.807, 2.05) is 30.3 Å². The largest absolute Gasteiger partial charge is 0.481 e. The average molecular weight is 376 g/mol. The fourth-order valence-corrected chi connectivity index (χ4v) is 3.86. The lowest BCUT2D eigenvalue weighted by Crippen LogP contribution is -2.57. The molecule has 8 heteroatoms. The quantitative estimate of drug-likeness (QED) is 0.804. The second-order valence-corrected chi connectivity index (χ2v) is 7.08. The number of carbonyl (C=O) groups excluding carboxylic acids is 1. The minimum Gasteiger partial charge on any atom is -0.481 e. The third kappa shape index (κ3) is 4.57. The first-order valence-electron chi connectivity index (χ1n) is 9.15. The van der Waals surface area contributed by atoms with Gasteiger partial charge in [0.05, 0.1) is 5.92 Å². The number of carboxylic acids is 2. The van der Waals surface area contributed by atoms with E-state index in [4.69, 9.17) is 4.74 Å². The van der Waals surface area contributed by atoms with Gasteiger partial charge in [-0.15, -0.1) is 0 Å². The van der Waals surface area contributed by atoms with E-state index in [1.165, 1.54) is 0 Å². The molecule has 2 aliphatic rings. The van der Waals surface area contributed by atoms with Crippen molar-refractivity contribution in [3.8, 4) is 0 Å². The van der Waals surface area contributed by atoms with Crippen LogP contribution in [0.4, 0.5) is 4.79 Å². The summed E-state index contributed by atoms with van der Waals surface area (Å²) in [5, 5.41) is 19.2. The summed E-state index contributed by atoms with van der Waals surface area (Å²) in [6, 6.07) is 8.09. The first kappa shape index (κ1) is 19.2. The summed E-state index contributed by atoms with van der Waals surface area (Å²) in [4.78, 5) is 39.0. The second-order valence-electron chi connectivity index (χ2n) is 7.08. The lowest BCUT2D eigenvalue weighted by atomic mass is 9.87. The number of benzene rings is 1. The van der Waals surface area contributed by atoms with Crippen molar-refractivity contribution in [3.63, 3.8) is 0 Å². The van der Waals surface area contributed by atoms with Crippen LogP contribution in [0.2, 0.25) is 0 Å². The van der Waals surface area contributed by atoms with Gasteiger partial charge in [0.15, 0.2) is 0 Å². The van der Waals surface area contributed by atoms with Crippen LogP contribution in [0.3, 0.4) is 0 Å². The van der Waals surface area contributed by atoms with E-state index in [0.717, 1.165) is 18.4 Å². The topological polar surface area (TPSA) is 107 Å². The molecule has 2 heterocycles. The predicted molar refractivity (Wildman–Crippen MR) is 95.1 cm³/mol. The number of aliphatic carboxylic acids is 2. The van der Waals surface area contributed by atoms with Gasteiger partial charge in [0.2, 0.25) is 0 Å². The number of amides is 1. The first-order chi connectivity index (χ1) is 13.0. The van der Waals surface area contributed by atoms with E-state index >= 15 is 0 Å². The summed E-state index contributed by atoms with van der Waals surface area (Å²) in [6.07, 6.45) is 0.753. The highest BCUT2D eigenvalue weighted by atomic mass is 16.6. The van der Waals surface area contributed by atoms with Gasteiger partial charge in [-0.1, -0.05) is 30.3 Å². The number of carboxylic acid groups (broad SMARTS) is 2. The molecule has 2 fully saturated rings. The SMILES string of the molecule is O=C(O)C1CC(OC(=O)N2CCCC2)CN(Cc2ccccc2)C1C(=O)O. The number of nitrogens with zero attached hydrogens (tertiary/aromatic N) is 2. The van der Waals surface area contributed by atoms with Crippen molar-refractivity contribution in [1.82, 2.24) is 9.80 Å². The molecule has 3 rings (SSSR count). The number of piperidine rings is 1. The maximum Gasteiger partial charge on any atom is 0.410 e. The van der Waals surface area contributed by atoms with Crippen LogP contribution < -0.4 is 0 Å². The molecule has 3 unspecified atom stereocenters. The van der Waals surface area contributed by atoms with E-state index in [-0.39, 0.29) is 19.5 Å². The predicted octanol–water partition coefficient (Wildman–Crippen LogP) is 1.65. The van der Waals surface area contributed by atoms with E-state index in [0.29, 0.717) is 13.1 Å². The van der Waals surface area contributed by atoms with Crippen molar-refractivity contribution in [3.05, 3.63) is 35.9 Å². The summed E-state index contributed by atoms with van der Waals surface area (Å²) in [5.41, 5.74) is 0.874. The van der Waals surface area contributed by atoms with Gasteiger partial charge in [0.25, 0.3) is 0 Å². The fourth-order valence-electron chi connectivity index (χ4n) is 3.86. The highest BCUT2D eigenvalue weighted by molar-refractivity contribution is 5.83. The van der Waals surface area contributed by atoms with Crippen molar-refractivity contribution in [2.75, 3.05) is 19.6 Å². The second kappa shape index (κ2) is 8.39. The van der Waals surface area contributed by atoms with Crippen molar-refractivity contribution in [2.24, 2.45) is 5.92 Å². The lowest BCUT2D eigenvalue weighted by Gasteiger charge is -2.40. The Bertz CT molecular complexity index is 689. The van der Waals surface area contributed by atoms with E-state index in [2.05, 4.69) is 0 Å². The highest BCUT2D eigenvalue weighted by Crippen LogP contribution is 2.28. The number of rotatable bonds is 5. The standard InChI is InChI=1S/C19H24N2O6/c22-17(23)15-10-14(27-19(26)20-8-4-5-9-20)12-21(16(15)18(24)25)11-13-6-2-1-3-7-13/h1-3,6-7,14-16H,4-5,8-12H2,(H,22,23)(H,24,25). The van der Waals surface area contributed by atoms with Crippen LogP contribution in [0, 0.1) is 5.92 Å². The van der Waals surface area contributed by atoms with Crippen molar-refractivity contribution < 1.29 is 29.3 Å². The summed E-state index contributed by atoms with van der Waals surface area (Å²) in [5.74, 6) is -3.51. The maximum absolute atomic E-state index is 12.3. The Morgan fingerprint density at radius 2 is 1.70 bits per heavy atom. The number of ether oxygens (including phenoxy) is 1. The van der Waals surface area contributed by atoms with Gasteiger partial charge in [0, 0.05) is 32.6 Å². The lowest BCUT2D eigenvalue weighted by molar-refractivity contribution is -0.162. The van der Waals surface area contributed by atoms with Crippen LogP contribution in [0.1, 0.15) is 24.8 Å². The summed E-state index contributed by atoms with van der Waals surface area (Å²) < 4.78 is 5.54. The molecule has 3 atom stereocenters. The van der Waals surface area contributed by atoms with Crippen LogP contribution >= 0.6 is 0 Å². The van der Waals surface area contributed by atoms with Gasteiger partial charge in [-0.25, -0.2) is 4.79 Å². The van der Waals surface area contributed by atoms with Gasteiger partial charge in [-0.05, 0) is 18.4 Å². The van der Waals surface area contributed by atoms with Gasteiger partial charge >= 0.3 is 18.0 Å². The zero-order valence-corrected chi connectivity index (χ0v) is 15.0. The molecule has 0 aliphatic carbocycles. The van der Waals surface area contributed by atoms with Crippen LogP contribution in [0.5, 0.6) is 0 Å². The zero-order valence-electron chi connectivity index (χ0n) is 15.0. The fraction of sp³-hybridized carbons (Fsp3) is 0.526. The molecule has 1 aromatic carbocycles. The Hall–Kier alpha value is -2.61. The summed E-state index contributed by atoms with van der Waals surface area (Å²) >= 11 is 0. The average Bonchev–Trinajstić information content (AvgIpc) is 3.16. The van der Waals surface area contributed by atoms with E-state index in [1.54, 1.807) is 9.80 Å². The zero-order chi connectivity index (χ0) is 19.4. The van der Waals surface area contributed by atoms with Crippen molar-refractivity contribution in [2.45, 2.75) is 38.0 Å². The minimum absolute atomic E-state index is 0.00281. The van der Waals surface area contributed by atoms with Gasteiger partial charge < -0.3 is 19.8 Å². The van der Waals surface area contributed by atoms with E-state index in [9.17, 15) is 24.6 Å². The van der Waals surface area contributed by atoms with E-state index < -0.39 is 36.1 Å². The Morgan fingerprint density at radius 3 is 2.30 bits per heavy atom. The monoisotopic (exact) mass is 376 g/mol. The van der Waals surface area contributed by atoms with Gasteiger partial charge in [0.1, 0.15) is 12.1 Å². The minimum atomic E-state index is -1.19. The molecule has 146 valence electrons. The summed E-state index contributed by atoms with van der Waals surface area (Å²) in [7, 11) is 0. The number of carbonyl (C=O) groups is 3. The molecule has 0 spiro atoms. The molecule has 2 N–H and O–H groups in total. The third-order valence-corrected chi connectivity index (χ3v) is 5.16. The Kier molecular flexibility index (Phi) is 5.95. The molecule has 2 aliphatic heterocycles. The number of hydrogen-bond donors (Lipinski definition) is 2. The molecule has 1 aromatic rings. The van der Waals surface area contributed by atoms with Crippen molar-refractivity contribution in [1.29, 1.82) is 0 Å². The van der Waals surface area contributed by atoms with Crippen molar-refractivity contribution >= 4 is 18.0 Å². The molecule has 8 nitrogen and oxygen atoms in total. The van der Waals surface area contributed by atoms with Crippen LogP contribution in [-0.4, -0.2) is 69.8 Å². The molecule has 1 amide bonds. The Balaban J connectivity index is 1.77. The van der Waals surface area contributed by atoms with Gasteiger partial charge in [-0.2, -0.15) is 0 Å². The number of likely N-dealkylation sites (tertiary alicyclic amines) is 2. The molecule has 27 heavy (non-hydrogen) atoms. The maximum atomic E-state index is 12.3. The third-order valence-electron chi connectivity index (χ3n) is 5.16. The molecule has 0 bridgehead atoms. The highest BCUT2D eigenvalue weighted by Gasteiger charge is 2.45. The van der Waals surface area contributed by atoms with Crippen LogP contribution in [0.25, 0.3) is 0 Å². The van der Waals surface area contributed by atoms with Gasteiger partial charge in [-0.3, -0.25) is 14.5 Å². The molecule has 0 aromatic heterocycles.